The second-order valence-corrected chi connectivity index (χ2v) is 10.5. The molecule has 0 bridgehead atoms. The van der Waals surface area contributed by atoms with Crippen molar-refractivity contribution in [3.63, 3.8) is 0 Å². The first-order valence-corrected chi connectivity index (χ1v) is 13.1. The third-order valence-corrected chi connectivity index (χ3v) is 7.63. The van der Waals surface area contributed by atoms with Crippen molar-refractivity contribution >= 4 is 52.6 Å². The lowest BCUT2D eigenvalue weighted by atomic mass is 9.81. The van der Waals surface area contributed by atoms with Gasteiger partial charge in [-0.15, -0.1) is 0 Å². The number of rotatable bonds is 7. The fourth-order valence-corrected chi connectivity index (χ4v) is 5.57. The molecule has 1 aliphatic heterocycles. The van der Waals surface area contributed by atoms with Crippen molar-refractivity contribution < 1.29 is 19.2 Å². The number of nitrogens with one attached hydrogen (secondary N) is 2. The summed E-state index contributed by atoms with van der Waals surface area (Å²) in [6, 6.07) is 9.69. The van der Waals surface area contributed by atoms with Crippen molar-refractivity contribution in [1.82, 2.24) is 15.1 Å². The van der Waals surface area contributed by atoms with Gasteiger partial charge in [0, 0.05) is 28.3 Å². The standard InChI is InChI=1S/C27H30Cl2N4O4/c1-16-6-5-7-17(2)25(16)31-24(35)15-32-22-9-4-3-8-20(22)26(36)33(27(32)37)14-23(34)30-13-18-10-11-19(28)12-21(18)29/h5-7,10-12,20,22H,3-4,8-9,13-15H2,1-2H3,(H,30,34)(H,31,35). The van der Waals surface area contributed by atoms with Crippen LogP contribution in [-0.2, 0) is 20.9 Å². The highest BCUT2D eigenvalue weighted by Crippen LogP contribution is 2.34. The molecule has 0 aromatic heterocycles. The lowest BCUT2D eigenvalue weighted by Gasteiger charge is -2.46. The molecule has 8 nitrogen and oxygen atoms in total. The number of carbonyl (C=O) groups excluding carboxylic acids is 4. The summed E-state index contributed by atoms with van der Waals surface area (Å²) in [4.78, 5) is 54.9. The van der Waals surface area contributed by atoms with Gasteiger partial charge < -0.3 is 15.5 Å². The van der Waals surface area contributed by atoms with Crippen molar-refractivity contribution in [3.8, 4) is 0 Å². The lowest BCUT2D eigenvalue weighted by molar-refractivity contribution is -0.144. The largest absolute Gasteiger partial charge is 0.350 e. The van der Waals surface area contributed by atoms with Crippen LogP contribution in [0.1, 0.15) is 42.4 Å². The summed E-state index contributed by atoms with van der Waals surface area (Å²) in [6.45, 7) is 3.31. The third-order valence-electron chi connectivity index (χ3n) is 7.04. The van der Waals surface area contributed by atoms with Crippen LogP contribution >= 0.6 is 23.2 Å². The van der Waals surface area contributed by atoms with Crippen molar-refractivity contribution in [2.24, 2.45) is 5.92 Å². The Bertz CT molecular complexity index is 1210. The summed E-state index contributed by atoms with van der Waals surface area (Å²) in [7, 11) is 0. The van der Waals surface area contributed by atoms with Crippen LogP contribution in [-0.4, -0.2) is 52.7 Å². The molecule has 5 amide bonds. The summed E-state index contributed by atoms with van der Waals surface area (Å²) in [6.07, 6.45) is 3.00. The zero-order valence-electron chi connectivity index (χ0n) is 20.9. The number of nitrogens with zero attached hydrogens (tertiary/aromatic N) is 2. The quantitative estimate of drug-likeness (QED) is 0.528. The van der Waals surface area contributed by atoms with Gasteiger partial charge in [-0.3, -0.25) is 19.3 Å². The van der Waals surface area contributed by atoms with Gasteiger partial charge in [0.25, 0.3) is 0 Å². The van der Waals surface area contributed by atoms with E-state index in [0.717, 1.165) is 28.9 Å². The first-order chi connectivity index (χ1) is 17.7. The predicted octanol–water partition coefficient (Wildman–Crippen LogP) is 4.69. The van der Waals surface area contributed by atoms with Crippen LogP contribution in [0.25, 0.3) is 0 Å². The number of hydrogen-bond acceptors (Lipinski definition) is 4. The Hall–Kier alpha value is -3.10. The maximum absolute atomic E-state index is 13.4. The molecule has 0 radical (unpaired) electrons. The molecular formula is C27H30Cl2N4O4. The number of para-hydroxylation sites is 1. The molecule has 2 atom stereocenters. The Morgan fingerprint density at radius 3 is 2.38 bits per heavy atom. The van der Waals surface area contributed by atoms with Crippen molar-refractivity contribution in [2.45, 2.75) is 52.1 Å². The number of fused-ring (bicyclic) bond motifs is 1. The Morgan fingerprint density at radius 2 is 1.68 bits per heavy atom. The molecule has 1 saturated carbocycles. The van der Waals surface area contributed by atoms with E-state index in [1.54, 1.807) is 18.2 Å². The van der Waals surface area contributed by atoms with Crippen molar-refractivity contribution in [2.75, 3.05) is 18.4 Å². The number of halogens is 2. The zero-order valence-corrected chi connectivity index (χ0v) is 22.4. The van der Waals surface area contributed by atoms with Gasteiger partial charge in [0.15, 0.2) is 0 Å². The molecule has 2 N–H and O–H groups in total. The van der Waals surface area contributed by atoms with E-state index in [2.05, 4.69) is 10.6 Å². The second-order valence-electron chi connectivity index (χ2n) is 9.62. The van der Waals surface area contributed by atoms with Gasteiger partial charge in [-0.2, -0.15) is 0 Å². The SMILES string of the molecule is Cc1cccc(C)c1NC(=O)CN1C(=O)N(CC(=O)NCc2ccc(Cl)cc2Cl)C(=O)C2CCCCC21. The minimum Gasteiger partial charge on any atom is -0.350 e. The van der Waals surface area contributed by atoms with Crippen LogP contribution < -0.4 is 10.6 Å². The summed E-state index contributed by atoms with van der Waals surface area (Å²) in [5, 5.41) is 6.52. The molecule has 0 spiro atoms. The van der Waals surface area contributed by atoms with E-state index in [1.807, 2.05) is 32.0 Å². The summed E-state index contributed by atoms with van der Waals surface area (Å²) in [5.41, 5.74) is 3.21. The molecular weight excluding hydrogens is 515 g/mol. The zero-order chi connectivity index (χ0) is 26.7. The molecule has 2 aliphatic rings. The topological polar surface area (TPSA) is 98.8 Å². The van der Waals surface area contributed by atoms with Gasteiger partial charge in [0.2, 0.25) is 17.7 Å². The Kier molecular flexibility index (Phi) is 8.39. The predicted molar refractivity (Wildman–Crippen MR) is 142 cm³/mol. The molecule has 4 rings (SSSR count). The van der Waals surface area contributed by atoms with Gasteiger partial charge >= 0.3 is 6.03 Å². The van der Waals surface area contributed by atoms with Crippen LogP contribution in [0.5, 0.6) is 0 Å². The molecule has 2 unspecified atom stereocenters. The van der Waals surface area contributed by atoms with Crippen molar-refractivity contribution in [1.29, 1.82) is 0 Å². The van der Waals surface area contributed by atoms with Crippen LogP contribution in [0.3, 0.4) is 0 Å². The Balaban J connectivity index is 1.46. The molecule has 1 aliphatic carbocycles. The van der Waals surface area contributed by atoms with Crippen LogP contribution in [0.4, 0.5) is 10.5 Å². The normalized spacial score (nSPS) is 19.5. The van der Waals surface area contributed by atoms with E-state index < -0.39 is 24.4 Å². The summed E-state index contributed by atoms with van der Waals surface area (Å²) >= 11 is 12.1. The lowest BCUT2D eigenvalue weighted by Crippen LogP contribution is -2.64. The highest BCUT2D eigenvalue weighted by molar-refractivity contribution is 6.35. The van der Waals surface area contributed by atoms with Gasteiger partial charge in [-0.05, 0) is 55.5 Å². The van der Waals surface area contributed by atoms with Gasteiger partial charge in [0.1, 0.15) is 13.1 Å². The third kappa shape index (κ3) is 6.08. The minimum atomic E-state index is -0.621. The number of imide groups is 1. The van der Waals surface area contributed by atoms with Gasteiger partial charge in [0.05, 0.1) is 5.92 Å². The number of urea groups is 1. The van der Waals surface area contributed by atoms with E-state index in [9.17, 15) is 19.2 Å². The number of carbonyl (C=O) groups is 4. The monoisotopic (exact) mass is 544 g/mol. The molecule has 2 aromatic rings. The number of anilines is 1. The maximum atomic E-state index is 13.4. The van der Waals surface area contributed by atoms with Crippen LogP contribution in [0.2, 0.25) is 10.0 Å². The molecule has 1 saturated heterocycles. The van der Waals surface area contributed by atoms with E-state index >= 15 is 0 Å². The minimum absolute atomic E-state index is 0.124. The number of hydrogen-bond donors (Lipinski definition) is 2. The van der Waals surface area contributed by atoms with Gasteiger partial charge in [-0.25, -0.2) is 4.79 Å². The molecule has 196 valence electrons. The smallest absolute Gasteiger partial charge is 0.327 e. The van der Waals surface area contributed by atoms with E-state index in [0.29, 0.717) is 34.1 Å². The average molecular weight is 545 g/mol. The van der Waals surface area contributed by atoms with E-state index in [4.69, 9.17) is 23.2 Å². The van der Waals surface area contributed by atoms with Crippen LogP contribution in [0, 0.1) is 19.8 Å². The molecule has 10 heteroatoms. The Labute approximate surface area is 226 Å². The van der Waals surface area contributed by atoms with Crippen LogP contribution in [0.15, 0.2) is 36.4 Å². The summed E-state index contributed by atoms with van der Waals surface area (Å²) < 4.78 is 0. The highest BCUT2D eigenvalue weighted by Gasteiger charge is 2.47. The number of aryl methyl sites for hydroxylation is 2. The molecule has 2 fully saturated rings. The van der Waals surface area contributed by atoms with E-state index in [1.165, 1.54) is 4.90 Å². The maximum Gasteiger partial charge on any atom is 0.327 e. The number of amides is 5. The summed E-state index contributed by atoms with van der Waals surface area (Å²) in [5.74, 6) is -1.63. The van der Waals surface area contributed by atoms with Gasteiger partial charge in [-0.1, -0.05) is 60.3 Å². The average Bonchev–Trinajstić information content (AvgIpc) is 2.86. The Morgan fingerprint density at radius 1 is 0.973 bits per heavy atom. The fraction of sp³-hybridized carbons (Fsp3) is 0.407. The number of benzene rings is 2. The van der Waals surface area contributed by atoms with E-state index in [-0.39, 0.29) is 30.9 Å². The van der Waals surface area contributed by atoms with Crippen molar-refractivity contribution in [3.05, 3.63) is 63.1 Å². The second kappa shape index (κ2) is 11.5. The highest BCUT2D eigenvalue weighted by atomic mass is 35.5. The molecule has 37 heavy (non-hydrogen) atoms. The first-order valence-electron chi connectivity index (χ1n) is 12.3. The fourth-order valence-electron chi connectivity index (χ4n) is 5.10. The molecule has 1 heterocycles. The molecule has 2 aromatic carbocycles. The first kappa shape index (κ1) is 26.9.